The number of para-hydroxylation sites is 1. The normalized spacial score (nSPS) is 9.75. The van der Waals surface area contributed by atoms with E-state index in [0.717, 1.165) is 5.56 Å². The quantitative estimate of drug-likeness (QED) is 0.829. The van der Waals surface area contributed by atoms with Crippen LogP contribution < -0.4 is 16.2 Å². The molecule has 0 unspecified atom stereocenters. The lowest BCUT2D eigenvalue weighted by atomic mass is 10.1. The Morgan fingerprint density at radius 1 is 1.20 bits per heavy atom. The third kappa shape index (κ3) is 2.87. The van der Waals surface area contributed by atoms with Crippen LogP contribution in [0.2, 0.25) is 0 Å². The first kappa shape index (κ1) is 13.4. The molecular formula is C15H13N3O2. The third-order valence-corrected chi connectivity index (χ3v) is 2.77. The molecule has 4 N–H and O–H groups in total. The Morgan fingerprint density at radius 3 is 2.50 bits per heavy atom. The van der Waals surface area contributed by atoms with Gasteiger partial charge < -0.3 is 16.2 Å². The van der Waals surface area contributed by atoms with Crippen LogP contribution in [0.1, 0.15) is 15.9 Å². The van der Waals surface area contributed by atoms with Crippen molar-refractivity contribution >= 4 is 11.6 Å². The number of amides is 1. The fourth-order valence-corrected chi connectivity index (χ4v) is 1.74. The lowest BCUT2D eigenvalue weighted by molar-refractivity contribution is 0.100. The number of nitrogen functional groups attached to an aromatic ring is 1. The molecule has 0 radical (unpaired) electrons. The minimum Gasteiger partial charge on any atom is -0.455 e. The number of ether oxygens (including phenoxy) is 1. The summed E-state index contributed by atoms with van der Waals surface area (Å²) in [5, 5.41) is 8.60. The van der Waals surface area contributed by atoms with Gasteiger partial charge in [-0.25, -0.2) is 0 Å². The van der Waals surface area contributed by atoms with Crippen LogP contribution in [0, 0.1) is 11.3 Å². The fraction of sp³-hybridized carbons (Fsp3) is 0.0667. The first-order valence-corrected chi connectivity index (χ1v) is 5.94. The predicted molar refractivity (Wildman–Crippen MR) is 75.2 cm³/mol. The maximum atomic E-state index is 11.2. The van der Waals surface area contributed by atoms with Crippen molar-refractivity contribution in [3.63, 3.8) is 0 Å². The molecule has 0 saturated heterocycles. The Kier molecular flexibility index (Phi) is 3.87. The second kappa shape index (κ2) is 5.76. The molecule has 0 heterocycles. The van der Waals surface area contributed by atoms with Crippen LogP contribution in [-0.4, -0.2) is 5.91 Å². The number of nitrogens with two attached hydrogens (primary N) is 2. The molecular weight excluding hydrogens is 254 g/mol. The monoisotopic (exact) mass is 267 g/mol. The molecule has 0 aliphatic carbocycles. The van der Waals surface area contributed by atoms with E-state index in [2.05, 4.69) is 6.07 Å². The van der Waals surface area contributed by atoms with Gasteiger partial charge in [-0.15, -0.1) is 0 Å². The number of carbonyl (C=O) groups excluding carboxylic acids is 1. The number of anilines is 1. The van der Waals surface area contributed by atoms with Crippen molar-refractivity contribution in [1.29, 1.82) is 5.26 Å². The molecule has 0 fully saturated rings. The molecule has 20 heavy (non-hydrogen) atoms. The molecule has 0 aliphatic heterocycles. The summed E-state index contributed by atoms with van der Waals surface area (Å²) >= 11 is 0. The van der Waals surface area contributed by atoms with Crippen LogP contribution in [0.25, 0.3) is 0 Å². The van der Waals surface area contributed by atoms with Gasteiger partial charge in [-0.1, -0.05) is 18.2 Å². The van der Waals surface area contributed by atoms with E-state index < -0.39 is 5.91 Å². The topological polar surface area (TPSA) is 102 Å². The second-order valence-corrected chi connectivity index (χ2v) is 4.16. The highest BCUT2D eigenvalue weighted by molar-refractivity contribution is 5.99. The highest BCUT2D eigenvalue weighted by atomic mass is 16.5. The minimum absolute atomic E-state index is 0.209. The summed E-state index contributed by atoms with van der Waals surface area (Å²) in [6.45, 7) is 0. The molecule has 0 bridgehead atoms. The smallest absolute Gasteiger partial charge is 0.250 e. The Morgan fingerprint density at radius 2 is 1.90 bits per heavy atom. The van der Waals surface area contributed by atoms with Gasteiger partial charge in [0.05, 0.1) is 23.7 Å². The highest BCUT2D eigenvalue weighted by Gasteiger charge is 2.10. The molecule has 1 amide bonds. The SMILES string of the molecule is N#CCc1ccc(Oc2cccc(C(N)=O)c2N)cc1. The van der Waals surface area contributed by atoms with E-state index in [9.17, 15) is 4.79 Å². The van der Waals surface area contributed by atoms with E-state index in [-0.39, 0.29) is 11.3 Å². The lowest BCUT2D eigenvalue weighted by Gasteiger charge is -2.10. The zero-order valence-electron chi connectivity index (χ0n) is 10.7. The van der Waals surface area contributed by atoms with Crippen LogP contribution in [0.3, 0.4) is 0 Å². The van der Waals surface area contributed by atoms with Gasteiger partial charge in [-0.05, 0) is 29.8 Å². The van der Waals surface area contributed by atoms with Gasteiger partial charge in [0.25, 0.3) is 5.91 Å². The number of carbonyl (C=O) groups is 1. The van der Waals surface area contributed by atoms with Crippen LogP contribution >= 0.6 is 0 Å². The van der Waals surface area contributed by atoms with Crippen LogP contribution in [-0.2, 0) is 6.42 Å². The zero-order chi connectivity index (χ0) is 14.5. The number of primary amides is 1. The van der Waals surface area contributed by atoms with Crippen LogP contribution in [0.5, 0.6) is 11.5 Å². The Bertz CT molecular complexity index is 673. The summed E-state index contributed by atoms with van der Waals surface area (Å²) in [4.78, 5) is 11.2. The van der Waals surface area contributed by atoms with Crippen molar-refractivity contribution in [3.05, 3.63) is 53.6 Å². The second-order valence-electron chi connectivity index (χ2n) is 4.16. The van der Waals surface area contributed by atoms with Crippen LogP contribution in [0.4, 0.5) is 5.69 Å². The summed E-state index contributed by atoms with van der Waals surface area (Å²) in [5.74, 6) is 0.340. The van der Waals surface area contributed by atoms with Crippen molar-refractivity contribution in [1.82, 2.24) is 0 Å². The van der Waals surface area contributed by atoms with Crippen molar-refractivity contribution in [3.8, 4) is 17.6 Å². The van der Waals surface area contributed by atoms with E-state index in [1.165, 1.54) is 0 Å². The Hall–Kier alpha value is -3.00. The molecule has 0 atom stereocenters. The van der Waals surface area contributed by atoms with Gasteiger partial charge in [-0.3, -0.25) is 4.79 Å². The number of hydrogen-bond acceptors (Lipinski definition) is 4. The average molecular weight is 267 g/mol. The summed E-state index contributed by atoms with van der Waals surface area (Å²) in [6.07, 6.45) is 0.347. The number of hydrogen-bond donors (Lipinski definition) is 2. The molecule has 2 aromatic carbocycles. The summed E-state index contributed by atoms with van der Waals surface area (Å²) in [6, 6.07) is 14.0. The lowest BCUT2D eigenvalue weighted by Crippen LogP contribution is -2.13. The summed E-state index contributed by atoms with van der Waals surface area (Å²) in [7, 11) is 0. The van der Waals surface area contributed by atoms with Crippen molar-refractivity contribution in [2.75, 3.05) is 5.73 Å². The fourth-order valence-electron chi connectivity index (χ4n) is 1.74. The largest absolute Gasteiger partial charge is 0.455 e. The van der Waals surface area contributed by atoms with E-state index in [1.807, 2.05) is 0 Å². The van der Waals surface area contributed by atoms with Gasteiger partial charge in [0.15, 0.2) is 5.75 Å². The van der Waals surface area contributed by atoms with E-state index in [1.54, 1.807) is 42.5 Å². The van der Waals surface area contributed by atoms with Gasteiger partial charge >= 0.3 is 0 Å². The van der Waals surface area contributed by atoms with E-state index in [0.29, 0.717) is 17.9 Å². The molecule has 2 aromatic rings. The Balaban J connectivity index is 2.24. The number of benzene rings is 2. The van der Waals surface area contributed by atoms with E-state index in [4.69, 9.17) is 21.5 Å². The van der Waals surface area contributed by atoms with Crippen molar-refractivity contribution in [2.24, 2.45) is 5.73 Å². The minimum atomic E-state index is -0.600. The molecule has 100 valence electrons. The maximum absolute atomic E-state index is 11.2. The highest BCUT2D eigenvalue weighted by Crippen LogP contribution is 2.29. The van der Waals surface area contributed by atoms with Gasteiger partial charge in [-0.2, -0.15) is 5.26 Å². The van der Waals surface area contributed by atoms with Crippen molar-refractivity contribution in [2.45, 2.75) is 6.42 Å². The first-order valence-electron chi connectivity index (χ1n) is 5.94. The van der Waals surface area contributed by atoms with Crippen LogP contribution in [0.15, 0.2) is 42.5 Å². The molecule has 0 spiro atoms. The summed E-state index contributed by atoms with van der Waals surface area (Å²) < 4.78 is 5.62. The Labute approximate surface area is 116 Å². The summed E-state index contributed by atoms with van der Waals surface area (Å²) in [5.41, 5.74) is 12.4. The number of nitrogens with zero attached hydrogens (tertiary/aromatic N) is 1. The molecule has 5 nitrogen and oxygen atoms in total. The average Bonchev–Trinajstić information content (AvgIpc) is 2.43. The van der Waals surface area contributed by atoms with Gasteiger partial charge in [0, 0.05) is 0 Å². The molecule has 5 heteroatoms. The first-order chi connectivity index (χ1) is 9.61. The van der Waals surface area contributed by atoms with Crippen molar-refractivity contribution < 1.29 is 9.53 Å². The van der Waals surface area contributed by atoms with Gasteiger partial charge in [0.2, 0.25) is 0 Å². The molecule has 0 aliphatic rings. The predicted octanol–water partition coefficient (Wildman–Crippen LogP) is 2.23. The maximum Gasteiger partial charge on any atom is 0.250 e. The molecule has 0 saturated carbocycles. The van der Waals surface area contributed by atoms with Gasteiger partial charge in [0.1, 0.15) is 5.75 Å². The number of rotatable bonds is 4. The molecule has 2 rings (SSSR count). The number of nitriles is 1. The third-order valence-electron chi connectivity index (χ3n) is 2.77. The zero-order valence-corrected chi connectivity index (χ0v) is 10.7. The molecule has 0 aromatic heterocycles. The van der Waals surface area contributed by atoms with E-state index >= 15 is 0 Å². The standard InChI is InChI=1S/C15H13N3O2/c16-9-8-10-4-6-11(7-5-10)20-13-3-1-2-12(14(13)17)15(18)19/h1-7H,8,17H2,(H2,18,19).